The maximum Gasteiger partial charge on any atom is 0.238 e. The fourth-order valence-corrected chi connectivity index (χ4v) is 6.71. The number of hydrogen-bond donors (Lipinski definition) is 0. The quantitative estimate of drug-likeness (QED) is 0.517. The first-order chi connectivity index (χ1) is 18.6. The molecule has 2 aromatic heterocycles. The number of amides is 2. The minimum atomic E-state index is -0.342. The lowest BCUT2D eigenvalue weighted by Crippen LogP contribution is -2.42. The highest BCUT2D eigenvalue weighted by molar-refractivity contribution is 5.98. The zero-order valence-electron chi connectivity index (χ0n) is 21.1. The van der Waals surface area contributed by atoms with E-state index in [0.29, 0.717) is 31.7 Å². The van der Waals surface area contributed by atoms with Gasteiger partial charge in [0.2, 0.25) is 17.7 Å². The van der Waals surface area contributed by atoms with Gasteiger partial charge in [0.1, 0.15) is 23.6 Å². The molecule has 1 saturated carbocycles. The van der Waals surface area contributed by atoms with Gasteiger partial charge in [-0.1, -0.05) is 0 Å². The predicted octanol–water partition coefficient (Wildman–Crippen LogP) is 4.52. The Balaban J connectivity index is 1.14. The normalized spacial score (nSPS) is 22.3. The van der Waals surface area contributed by atoms with Crippen LogP contribution in [-0.2, 0) is 21.6 Å². The number of aromatic nitrogens is 2. The van der Waals surface area contributed by atoms with Gasteiger partial charge in [0.15, 0.2) is 0 Å². The van der Waals surface area contributed by atoms with Crippen molar-refractivity contribution in [3.05, 3.63) is 59.5 Å². The number of nitrogens with zero attached hydrogens (tertiary/aromatic N) is 4. The number of carbonyl (C=O) groups is 2. The highest BCUT2D eigenvalue weighted by atomic mass is 16.5. The third kappa shape index (κ3) is 3.22. The van der Waals surface area contributed by atoms with E-state index in [1.165, 1.54) is 5.56 Å². The Morgan fingerprint density at radius 3 is 2.71 bits per heavy atom. The van der Waals surface area contributed by atoms with Gasteiger partial charge in [0, 0.05) is 72.3 Å². The van der Waals surface area contributed by atoms with Crippen LogP contribution >= 0.6 is 0 Å². The smallest absolute Gasteiger partial charge is 0.238 e. The summed E-state index contributed by atoms with van der Waals surface area (Å²) in [5, 5.41) is 0. The van der Waals surface area contributed by atoms with E-state index in [4.69, 9.17) is 14.5 Å². The molecule has 4 aliphatic heterocycles. The summed E-state index contributed by atoms with van der Waals surface area (Å²) in [7, 11) is 0. The largest absolute Gasteiger partial charge is 0.482 e. The molecule has 8 nitrogen and oxygen atoms in total. The van der Waals surface area contributed by atoms with Crippen molar-refractivity contribution in [2.75, 3.05) is 23.0 Å². The molecule has 8 heteroatoms. The summed E-state index contributed by atoms with van der Waals surface area (Å²) in [4.78, 5) is 38.0. The van der Waals surface area contributed by atoms with Gasteiger partial charge < -0.3 is 19.3 Å². The Morgan fingerprint density at radius 2 is 1.89 bits per heavy atom. The lowest BCUT2D eigenvalue weighted by Gasteiger charge is -2.46. The van der Waals surface area contributed by atoms with Crippen LogP contribution in [-0.4, -0.2) is 41.0 Å². The van der Waals surface area contributed by atoms with Gasteiger partial charge in [-0.25, -0.2) is 4.98 Å². The lowest BCUT2D eigenvalue weighted by atomic mass is 9.71. The summed E-state index contributed by atoms with van der Waals surface area (Å²) in [5.74, 6) is 1.70. The molecule has 192 valence electrons. The van der Waals surface area contributed by atoms with Crippen LogP contribution < -0.4 is 19.3 Å². The summed E-state index contributed by atoms with van der Waals surface area (Å²) >= 11 is 0. The molecule has 8 rings (SSSR count). The predicted molar refractivity (Wildman–Crippen MR) is 140 cm³/mol. The standard InChI is InChI=1S/C30H28N4O4/c35-27-3-1-10-33(27)20-4-6-22-23-16-31-19(13-24(23)30(8-2-9-30)38-26(22)14-20)11-18-12-25-29(32-15-18)37-17-21-5-7-28(36)34(21)25/h4,6,12-16,21H,1-3,5,7-11,17H2/t21-/m0/s1. The van der Waals surface area contributed by atoms with E-state index < -0.39 is 0 Å². The van der Waals surface area contributed by atoms with E-state index in [0.717, 1.165) is 78.2 Å². The second-order valence-corrected chi connectivity index (χ2v) is 11.1. The zero-order valence-corrected chi connectivity index (χ0v) is 21.1. The molecular formula is C30H28N4O4. The first-order valence-electron chi connectivity index (χ1n) is 13.6. The number of carbonyl (C=O) groups excluding carboxylic acids is 2. The molecule has 5 aliphatic rings. The van der Waals surface area contributed by atoms with Crippen LogP contribution in [0.3, 0.4) is 0 Å². The molecule has 2 saturated heterocycles. The number of ether oxygens (including phenoxy) is 2. The molecule has 0 radical (unpaired) electrons. The molecule has 1 spiro atoms. The molecule has 1 aliphatic carbocycles. The fraction of sp³-hybridized carbons (Fsp3) is 0.400. The number of fused-ring (bicyclic) bond motifs is 7. The highest BCUT2D eigenvalue weighted by Gasteiger charge is 2.46. The number of rotatable bonds is 3. The van der Waals surface area contributed by atoms with Gasteiger partial charge in [-0.3, -0.25) is 14.6 Å². The SMILES string of the molecule is O=C1CCCN1c1ccc2c(c1)OC1(CCC1)c1cc(Cc3cnc4c(c3)N3C(=O)CC[C@H]3CO4)ncc1-2. The van der Waals surface area contributed by atoms with Gasteiger partial charge in [0.25, 0.3) is 0 Å². The Kier molecular flexibility index (Phi) is 4.66. The van der Waals surface area contributed by atoms with E-state index in [9.17, 15) is 9.59 Å². The molecule has 0 bridgehead atoms. The molecular weight excluding hydrogens is 480 g/mol. The number of benzene rings is 1. The van der Waals surface area contributed by atoms with Crippen LogP contribution in [0, 0.1) is 0 Å². The van der Waals surface area contributed by atoms with Crippen LogP contribution in [0.25, 0.3) is 11.1 Å². The average Bonchev–Trinajstić information content (AvgIpc) is 3.52. The van der Waals surface area contributed by atoms with E-state index in [2.05, 4.69) is 17.1 Å². The molecule has 6 heterocycles. The van der Waals surface area contributed by atoms with Crippen molar-refractivity contribution in [1.29, 1.82) is 0 Å². The number of pyridine rings is 2. The van der Waals surface area contributed by atoms with Gasteiger partial charge in [-0.15, -0.1) is 0 Å². The number of anilines is 2. The maximum absolute atomic E-state index is 12.5. The third-order valence-electron chi connectivity index (χ3n) is 8.83. The van der Waals surface area contributed by atoms with Crippen LogP contribution in [0.15, 0.2) is 42.7 Å². The molecule has 0 unspecified atom stereocenters. The van der Waals surface area contributed by atoms with E-state index in [1.807, 2.05) is 40.4 Å². The van der Waals surface area contributed by atoms with Crippen LogP contribution in [0.1, 0.15) is 61.8 Å². The highest BCUT2D eigenvalue weighted by Crippen LogP contribution is 2.54. The molecule has 3 aromatic rings. The molecule has 2 amide bonds. The Bertz CT molecular complexity index is 1510. The summed E-state index contributed by atoms with van der Waals surface area (Å²) < 4.78 is 12.6. The molecule has 1 atom stereocenters. The molecule has 38 heavy (non-hydrogen) atoms. The topological polar surface area (TPSA) is 84.9 Å². The first-order valence-corrected chi connectivity index (χ1v) is 13.6. The third-order valence-corrected chi connectivity index (χ3v) is 8.83. The summed E-state index contributed by atoms with van der Waals surface area (Å²) in [5.41, 5.74) is 6.62. The monoisotopic (exact) mass is 508 g/mol. The fourth-order valence-electron chi connectivity index (χ4n) is 6.71. The molecule has 1 aromatic carbocycles. The van der Waals surface area contributed by atoms with Gasteiger partial charge in [-0.05, 0) is 61.9 Å². The van der Waals surface area contributed by atoms with Crippen LogP contribution in [0.2, 0.25) is 0 Å². The van der Waals surface area contributed by atoms with Crippen molar-refractivity contribution in [3.8, 4) is 22.8 Å². The summed E-state index contributed by atoms with van der Waals surface area (Å²) in [6.45, 7) is 1.28. The van der Waals surface area contributed by atoms with Crippen molar-refractivity contribution in [1.82, 2.24) is 9.97 Å². The van der Waals surface area contributed by atoms with E-state index in [1.54, 1.807) is 0 Å². The summed E-state index contributed by atoms with van der Waals surface area (Å²) in [6, 6.07) is 10.5. The van der Waals surface area contributed by atoms with Crippen molar-refractivity contribution in [3.63, 3.8) is 0 Å². The second-order valence-electron chi connectivity index (χ2n) is 11.1. The summed E-state index contributed by atoms with van der Waals surface area (Å²) in [6.07, 6.45) is 10.4. The lowest BCUT2D eigenvalue weighted by molar-refractivity contribution is -0.118. The zero-order chi connectivity index (χ0) is 25.4. The molecule has 0 N–H and O–H groups in total. The van der Waals surface area contributed by atoms with Crippen molar-refractivity contribution >= 4 is 23.2 Å². The van der Waals surface area contributed by atoms with Gasteiger partial charge >= 0.3 is 0 Å². The van der Waals surface area contributed by atoms with Crippen molar-refractivity contribution in [2.24, 2.45) is 0 Å². The maximum atomic E-state index is 12.5. The van der Waals surface area contributed by atoms with Crippen LogP contribution in [0.5, 0.6) is 11.6 Å². The average molecular weight is 509 g/mol. The number of hydrogen-bond acceptors (Lipinski definition) is 6. The second kappa shape index (κ2) is 8.03. The van der Waals surface area contributed by atoms with E-state index >= 15 is 0 Å². The van der Waals surface area contributed by atoms with Gasteiger partial charge in [0.05, 0.1) is 6.04 Å². The van der Waals surface area contributed by atoms with Crippen molar-refractivity contribution in [2.45, 2.75) is 63.0 Å². The van der Waals surface area contributed by atoms with Crippen LogP contribution in [0.4, 0.5) is 11.4 Å². The van der Waals surface area contributed by atoms with Crippen molar-refractivity contribution < 1.29 is 19.1 Å². The van der Waals surface area contributed by atoms with E-state index in [-0.39, 0.29) is 23.5 Å². The minimum Gasteiger partial charge on any atom is -0.482 e. The Labute approximate surface area is 220 Å². The minimum absolute atomic E-state index is 0.105. The first kappa shape index (κ1) is 22.1. The Hall–Kier alpha value is -3.94. The molecule has 3 fully saturated rings. The Morgan fingerprint density at radius 1 is 0.974 bits per heavy atom. The van der Waals surface area contributed by atoms with Gasteiger partial charge in [-0.2, -0.15) is 0 Å².